The number of nitrogens with zero attached hydrogens (tertiary/aromatic N) is 2. The number of amides is 3. The lowest BCUT2D eigenvalue weighted by Gasteiger charge is -2.36. The summed E-state index contributed by atoms with van der Waals surface area (Å²) in [5.74, 6) is -0.252. The van der Waals surface area contributed by atoms with Crippen LogP contribution in [0.25, 0.3) is 10.6 Å². The van der Waals surface area contributed by atoms with Crippen LogP contribution in [0.3, 0.4) is 0 Å². The first kappa shape index (κ1) is 17.3. The summed E-state index contributed by atoms with van der Waals surface area (Å²) in [6.45, 7) is 0. The summed E-state index contributed by atoms with van der Waals surface area (Å²) in [4.78, 5) is 39.1. The minimum Gasteiger partial charge on any atom is -0.346 e. The maximum Gasteiger partial charge on any atom is 0.289 e. The molecule has 1 aliphatic carbocycles. The summed E-state index contributed by atoms with van der Waals surface area (Å²) in [7, 11) is 0. The van der Waals surface area contributed by atoms with E-state index in [1.807, 2.05) is 17.5 Å². The van der Waals surface area contributed by atoms with Crippen molar-refractivity contribution in [2.75, 3.05) is 5.75 Å². The van der Waals surface area contributed by atoms with Gasteiger partial charge in [0, 0.05) is 0 Å². The van der Waals surface area contributed by atoms with Gasteiger partial charge in [0.15, 0.2) is 5.69 Å². The smallest absolute Gasteiger partial charge is 0.289 e. The van der Waals surface area contributed by atoms with E-state index >= 15 is 0 Å². The quantitative estimate of drug-likeness (QED) is 0.837. The molecule has 2 aliphatic rings. The number of thiophene rings is 1. The molecule has 0 bridgehead atoms. The Labute approximate surface area is 158 Å². The zero-order valence-corrected chi connectivity index (χ0v) is 15.6. The molecular weight excluding hydrogens is 372 g/mol. The van der Waals surface area contributed by atoms with E-state index in [2.05, 4.69) is 15.5 Å². The maximum atomic E-state index is 12.6. The largest absolute Gasteiger partial charge is 0.346 e. The third-order valence-electron chi connectivity index (χ3n) is 4.76. The first-order valence-electron chi connectivity index (χ1n) is 8.52. The number of thioether (sulfide) groups is 1. The molecule has 0 aromatic carbocycles. The zero-order valence-electron chi connectivity index (χ0n) is 13.9. The van der Waals surface area contributed by atoms with Gasteiger partial charge in [-0.15, -0.1) is 11.3 Å². The molecule has 3 amide bonds. The molecule has 0 unspecified atom stereocenters. The van der Waals surface area contributed by atoms with E-state index in [-0.39, 0.29) is 34.9 Å². The van der Waals surface area contributed by atoms with Crippen molar-refractivity contribution in [3.05, 3.63) is 29.3 Å². The molecule has 0 radical (unpaired) electrons. The summed E-state index contributed by atoms with van der Waals surface area (Å²) in [5.41, 5.74) is 1.11. The second-order valence-corrected chi connectivity index (χ2v) is 8.27. The monoisotopic (exact) mass is 390 g/mol. The number of nitrogens with one attached hydrogen (secondary N) is 2. The number of H-pyrrole nitrogens is 1. The fourth-order valence-corrected chi connectivity index (χ4v) is 4.97. The molecule has 3 heterocycles. The number of hydrogen-bond donors (Lipinski definition) is 2. The summed E-state index contributed by atoms with van der Waals surface area (Å²) in [6.07, 6.45) is 3.39. The lowest BCUT2D eigenvalue weighted by molar-refractivity contribution is -0.127. The van der Waals surface area contributed by atoms with Gasteiger partial charge in [0.25, 0.3) is 11.1 Å². The second-order valence-electron chi connectivity index (χ2n) is 6.39. The Morgan fingerprint density at radius 1 is 1.31 bits per heavy atom. The van der Waals surface area contributed by atoms with Gasteiger partial charge in [-0.3, -0.25) is 24.4 Å². The Bertz CT molecular complexity index is 817. The van der Waals surface area contributed by atoms with Gasteiger partial charge < -0.3 is 5.32 Å². The number of hydrogen-bond acceptors (Lipinski definition) is 6. The van der Waals surface area contributed by atoms with Gasteiger partial charge in [0.2, 0.25) is 5.91 Å². The van der Waals surface area contributed by atoms with E-state index in [9.17, 15) is 14.4 Å². The fourth-order valence-electron chi connectivity index (χ4n) is 3.51. The summed E-state index contributed by atoms with van der Waals surface area (Å²) in [6, 6.07) is 5.12. The van der Waals surface area contributed by atoms with E-state index in [1.165, 1.54) is 4.90 Å². The lowest BCUT2D eigenvalue weighted by Crippen LogP contribution is -2.54. The highest BCUT2D eigenvalue weighted by Crippen LogP contribution is 2.30. The Morgan fingerprint density at radius 2 is 2.15 bits per heavy atom. The van der Waals surface area contributed by atoms with Crippen LogP contribution in [0.15, 0.2) is 23.6 Å². The standard InChI is InChI=1S/C17H18N4O3S2/c22-15-9-26-17(24)21(15)13-5-2-1-4-10(13)18-16(23)12-8-11(19-20-12)14-6-3-7-25-14/h3,6-8,10,13H,1-2,4-5,9H2,(H,18,23)(H,19,20)/t10-,13-/m1/s1. The zero-order chi connectivity index (χ0) is 18.1. The molecule has 9 heteroatoms. The van der Waals surface area contributed by atoms with E-state index < -0.39 is 0 Å². The van der Waals surface area contributed by atoms with E-state index in [1.54, 1.807) is 17.4 Å². The van der Waals surface area contributed by atoms with Gasteiger partial charge in [-0.2, -0.15) is 5.10 Å². The third-order valence-corrected chi connectivity index (χ3v) is 6.50. The molecule has 2 N–H and O–H groups in total. The normalized spacial score (nSPS) is 23.5. The molecule has 26 heavy (non-hydrogen) atoms. The first-order valence-corrected chi connectivity index (χ1v) is 10.4. The molecule has 1 aliphatic heterocycles. The van der Waals surface area contributed by atoms with E-state index in [0.29, 0.717) is 5.69 Å². The van der Waals surface area contributed by atoms with Gasteiger partial charge in [-0.05, 0) is 30.4 Å². The number of imide groups is 1. The number of rotatable bonds is 4. The van der Waals surface area contributed by atoms with Crippen molar-refractivity contribution < 1.29 is 14.4 Å². The van der Waals surface area contributed by atoms with Crippen molar-refractivity contribution in [1.82, 2.24) is 20.4 Å². The van der Waals surface area contributed by atoms with Gasteiger partial charge in [0.1, 0.15) is 0 Å². The second kappa shape index (κ2) is 7.24. The topological polar surface area (TPSA) is 95.2 Å². The van der Waals surface area contributed by atoms with Crippen molar-refractivity contribution in [1.29, 1.82) is 0 Å². The summed E-state index contributed by atoms with van der Waals surface area (Å²) >= 11 is 2.60. The number of aromatic nitrogens is 2. The van der Waals surface area contributed by atoms with Crippen LogP contribution in [0.2, 0.25) is 0 Å². The molecule has 4 rings (SSSR count). The Balaban J connectivity index is 1.48. The lowest BCUT2D eigenvalue weighted by atomic mass is 9.89. The van der Waals surface area contributed by atoms with Crippen LogP contribution in [0.4, 0.5) is 4.79 Å². The summed E-state index contributed by atoms with van der Waals surface area (Å²) < 4.78 is 0. The molecule has 136 valence electrons. The number of aromatic amines is 1. The molecule has 7 nitrogen and oxygen atoms in total. The van der Waals surface area contributed by atoms with Crippen LogP contribution in [-0.4, -0.2) is 50.0 Å². The number of carbonyl (C=O) groups excluding carboxylic acids is 3. The van der Waals surface area contributed by atoms with Crippen LogP contribution in [0, 0.1) is 0 Å². The van der Waals surface area contributed by atoms with Gasteiger partial charge >= 0.3 is 0 Å². The molecule has 2 atom stereocenters. The van der Waals surface area contributed by atoms with Crippen LogP contribution >= 0.6 is 23.1 Å². The number of carbonyl (C=O) groups is 3. The SMILES string of the molecule is O=C(N[C@@H]1CCCC[C@H]1N1C(=O)CSC1=O)c1cc(-c2cccs2)[nH]n1. The molecule has 0 spiro atoms. The highest BCUT2D eigenvalue weighted by Gasteiger charge is 2.41. The maximum absolute atomic E-state index is 12.6. The van der Waals surface area contributed by atoms with Crippen molar-refractivity contribution >= 4 is 40.2 Å². The Hall–Kier alpha value is -2.13. The minimum atomic E-state index is -0.285. The van der Waals surface area contributed by atoms with Crippen LogP contribution < -0.4 is 5.32 Å². The third kappa shape index (κ3) is 3.28. The van der Waals surface area contributed by atoms with Crippen molar-refractivity contribution in [3.63, 3.8) is 0 Å². The van der Waals surface area contributed by atoms with E-state index in [4.69, 9.17) is 0 Å². The molecule has 1 saturated heterocycles. The predicted molar refractivity (Wildman–Crippen MR) is 100 cm³/mol. The predicted octanol–water partition coefficient (Wildman–Crippen LogP) is 2.87. The van der Waals surface area contributed by atoms with Crippen molar-refractivity contribution in [2.45, 2.75) is 37.8 Å². The molecular formula is C17H18N4O3S2. The summed E-state index contributed by atoms with van der Waals surface area (Å²) in [5, 5.41) is 11.7. The highest BCUT2D eigenvalue weighted by atomic mass is 32.2. The molecule has 1 saturated carbocycles. The highest BCUT2D eigenvalue weighted by molar-refractivity contribution is 8.14. The van der Waals surface area contributed by atoms with Crippen molar-refractivity contribution in [2.24, 2.45) is 0 Å². The average Bonchev–Trinajstić information content (AvgIpc) is 3.37. The van der Waals surface area contributed by atoms with E-state index in [0.717, 1.165) is 48.0 Å². The van der Waals surface area contributed by atoms with Crippen LogP contribution in [-0.2, 0) is 4.79 Å². The van der Waals surface area contributed by atoms with Crippen LogP contribution in [0.1, 0.15) is 36.2 Å². The first-order chi connectivity index (χ1) is 12.6. The molecule has 2 aromatic heterocycles. The van der Waals surface area contributed by atoms with Crippen molar-refractivity contribution in [3.8, 4) is 10.6 Å². The van der Waals surface area contributed by atoms with Crippen LogP contribution in [0.5, 0.6) is 0 Å². The van der Waals surface area contributed by atoms with Gasteiger partial charge in [-0.1, -0.05) is 30.7 Å². The van der Waals surface area contributed by atoms with Gasteiger partial charge in [-0.25, -0.2) is 0 Å². The minimum absolute atomic E-state index is 0.161. The fraction of sp³-hybridized carbons (Fsp3) is 0.412. The average molecular weight is 390 g/mol. The Kier molecular flexibility index (Phi) is 4.82. The molecule has 2 aromatic rings. The van der Waals surface area contributed by atoms with Gasteiger partial charge in [0.05, 0.1) is 28.4 Å². The molecule has 2 fully saturated rings. The Morgan fingerprint density at radius 3 is 2.88 bits per heavy atom.